The molecular weight excluding hydrogens is 509 g/mol. The molecule has 1 saturated heterocycles. The number of amides is 1. The van der Waals surface area contributed by atoms with Crippen LogP contribution in [0.4, 0.5) is 10.2 Å². The van der Waals surface area contributed by atoms with Crippen molar-refractivity contribution in [2.75, 3.05) is 24.5 Å². The summed E-state index contributed by atoms with van der Waals surface area (Å²) in [5, 5.41) is 7.87. The Balaban J connectivity index is 1.76. The van der Waals surface area contributed by atoms with Gasteiger partial charge >= 0.3 is 5.69 Å². The lowest BCUT2D eigenvalue weighted by molar-refractivity contribution is -0.126. The third kappa shape index (κ3) is 4.34. The van der Waals surface area contributed by atoms with Gasteiger partial charge in [-0.3, -0.25) is 9.89 Å². The molecule has 3 aromatic heterocycles. The molecule has 1 aromatic carbocycles. The number of pyridine rings is 1. The first-order valence-corrected chi connectivity index (χ1v) is 12.7. The standard InChI is InChI=1S/C27H27ClFN7O2/c1-5-22(37)34-10-11-35(16(4)14-34)25-18-12-19(28)24(17-8-6-7-9-20(17)29)31-26(18)36(27(38)32-25)21-13-30-33-23(21)15(2)3/h5-9,12-13,15-16H,1,10-11,14H2,2-4H3,(H,30,33)/t16-/m0/s1. The van der Waals surface area contributed by atoms with E-state index in [2.05, 4.69) is 21.8 Å². The summed E-state index contributed by atoms with van der Waals surface area (Å²) in [6.45, 7) is 10.8. The first-order valence-electron chi connectivity index (χ1n) is 12.3. The lowest BCUT2D eigenvalue weighted by Crippen LogP contribution is -2.54. The summed E-state index contributed by atoms with van der Waals surface area (Å²) in [7, 11) is 0. The summed E-state index contributed by atoms with van der Waals surface area (Å²) in [6.07, 6.45) is 2.85. The van der Waals surface area contributed by atoms with Gasteiger partial charge in [-0.05, 0) is 37.1 Å². The fourth-order valence-electron chi connectivity index (χ4n) is 4.88. The van der Waals surface area contributed by atoms with Crippen molar-refractivity contribution in [2.24, 2.45) is 0 Å². The third-order valence-corrected chi connectivity index (χ3v) is 7.07. The number of H-pyrrole nitrogens is 1. The first-order chi connectivity index (χ1) is 18.2. The van der Waals surface area contributed by atoms with Gasteiger partial charge in [-0.15, -0.1) is 0 Å². The minimum Gasteiger partial charge on any atom is -0.350 e. The van der Waals surface area contributed by atoms with Gasteiger partial charge in [-0.2, -0.15) is 10.1 Å². The van der Waals surface area contributed by atoms with Gasteiger partial charge in [0.05, 0.1) is 33.7 Å². The molecule has 1 aliphatic rings. The van der Waals surface area contributed by atoms with E-state index in [1.807, 2.05) is 25.7 Å². The number of hydrogen-bond donors (Lipinski definition) is 1. The molecule has 0 radical (unpaired) electrons. The minimum absolute atomic E-state index is 0.0305. The monoisotopic (exact) mass is 535 g/mol. The van der Waals surface area contributed by atoms with Crippen molar-refractivity contribution < 1.29 is 9.18 Å². The van der Waals surface area contributed by atoms with Crippen LogP contribution in [-0.4, -0.2) is 61.2 Å². The number of nitrogens with zero attached hydrogens (tertiary/aromatic N) is 6. The predicted molar refractivity (Wildman–Crippen MR) is 145 cm³/mol. The van der Waals surface area contributed by atoms with Crippen LogP contribution in [0.3, 0.4) is 0 Å². The highest BCUT2D eigenvalue weighted by Crippen LogP contribution is 2.35. The summed E-state index contributed by atoms with van der Waals surface area (Å²) in [5.74, 6) is -0.191. The molecule has 0 saturated carbocycles. The molecule has 5 rings (SSSR count). The third-order valence-electron chi connectivity index (χ3n) is 6.78. The maximum Gasteiger partial charge on any atom is 0.355 e. The second-order valence-electron chi connectivity index (χ2n) is 9.58. The number of fused-ring (bicyclic) bond motifs is 1. The number of rotatable bonds is 5. The zero-order chi connectivity index (χ0) is 27.1. The lowest BCUT2D eigenvalue weighted by Gasteiger charge is -2.40. The Kier molecular flexibility index (Phi) is 6.75. The summed E-state index contributed by atoms with van der Waals surface area (Å²) in [5.41, 5.74) is 1.41. The molecule has 196 valence electrons. The molecular formula is C27H27ClFN7O2. The van der Waals surface area contributed by atoms with Crippen molar-refractivity contribution in [3.63, 3.8) is 0 Å². The Bertz CT molecular complexity index is 1610. The minimum atomic E-state index is -0.554. The fourth-order valence-corrected chi connectivity index (χ4v) is 5.13. The molecule has 11 heteroatoms. The molecule has 4 heterocycles. The van der Waals surface area contributed by atoms with Gasteiger partial charge in [0.2, 0.25) is 5.91 Å². The second-order valence-corrected chi connectivity index (χ2v) is 9.98. The molecule has 1 N–H and O–H groups in total. The summed E-state index contributed by atoms with van der Waals surface area (Å²) in [4.78, 5) is 38.8. The van der Waals surface area contributed by atoms with E-state index < -0.39 is 11.5 Å². The van der Waals surface area contributed by atoms with Gasteiger partial charge in [0.15, 0.2) is 5.65 Å². The highest BCUT2D eigenvalue weighted by Gasteiger charge is 2.30. The van der Waals surface area contributed by atoms with E-state index in [1.165, 1.54) is 16.7 Å². The Morgan fingerprint density at radius 2 is 2.03 bits per heavy atom. The molecule has 38 heavy (non-hydrogen) atoms. The number of anilines is 1. The Morgan fingerprint density at radius 3 is 2.71 bits per heavy atom. The molecule has 1 aliphatic heterocycles. The van der Waals surface area contributed by atoms with E-state index >= 15 is 0 Å². The summed E-state index contributed by atoms with van der Waals surface area (Å²) >= 11 is 6.69. The lowest BCUT2D eigenvalue weighted by atomic mass is 10.1. The normalized spacial score (nSPS) is 15.9. The molecule has 0 spiro atoms. The van der Waals surface area contributed by atoms with Crippen LogP contribution in [0.5, 0.6) is 0 Å². The van der Waals surface area contributed by atoms with Crippen LogP contribution in [0.15, 0.2) is 54.0 Å². The predicted octanol–water partition coefficient (Wildman–Crippen LogP) is 4.31. The van der Waals surface area contributed by atoms with Crippen molar-refractivity contribution >= 4 is 34.4 Å². The number of aromatic nitrogens is 5. The summed E-state index contributed by atoms with van der Waals surface area (Å²) < 4.78 is 16.2. The molecule has 0 unspecified atom stereocenters. The number of carbonyl (C=O) groups excluding carboxylic acids is 1. The molecule has 4 aromatic rings. The maximum absolute atomic E-state index is 14.8. The van der Waals surface area contributed by atoms with Crippen LogP contribution in [0.1, 0.15) is 32.4 Å². The largest absolute Gasteiger partial charge is 0.355 e. The Labute approximate surface area is 223 Å². The van der Waals surface area contributed by atoms with Gasteiger partial charge in [0, 0.05) is 31.2 Å². The van der Waals surface area contributed by atoms with Gasteiger partial charge < -0.3 is 9.80 Å². The van der Waals surface area contributed by atoms with Crippen molar-refractivity contribution in [1.82, 2.24) is 29.6 Å². The second kappa shape index (κ2) is 10.0. The molecule has 1 amide bonds. The van der Waals surface area contributed by atoms with E-state index in [-0.39, 0.29) is 39.8 Å². The molecule has 1 fully saturated rings. The smallest absolute Gasteiger partial charge is 0.350 e. The van der Waals surface area contributed by atoms with Gasteiger partial charge in [0.25, 0.3) is 0 Å². The highest BCUT2D eigenvalue weighted by molar-refractivity contribution is 6.33. The number of aromatic amines is 1. The van der Waals surface area contributed by atoms with E-state index in [0.29, 0.717) is 36.5 Å². The topological polar surface area (TPSA) is 100 Å². The van der Waals surface area contributed by atoms with Gasteiger partial charge in [0.1, 0.15) is 11.6 Å². The Morgan fingerprint density at radius 1 is 1.26 bits per heavy atom. The average molecular weight is 536 g/mol. The molecule has 9 nitrogen and oxygen atoms in total. The van der Waals surface area contributed by atoms with Gasteiger partial charge in [-0.25, -0.2) is 18.7 Å². The first kappa shape index (κ1) is 25.6. The number of carbonyl (C=O) groups is 1. The van der Waals surface area contributed by atoms with Crippen molar-refractivity contribution in [3.05, 3.63) is 76.2 Å². The zero-order valence-corrected chi connectivity index (χ0v) is 22.0. The van der Waals surface area contributed by atoms with Crippen LogP contribution in [-0.2, 0) is 4.79 Å². The van der Waals surface area contributed by atoms with Crippen LogP contribution in [0.25, 0.3) is 28.0 Å². The summed E-state index contributed by atoms with van der Waals surface area (Å²) in [6, 6.07) is 7.74. The highest BCUT2D eigenvalue weighted by atomic mass is 35.5. The number of benzene rings is 1. The SMILES string of the molecule is C=CC(=O)N1CCN(c2nc(=O)n(-c3cn[nH]c3C(C)C)c3nc(-c4ccccc4F)c(Cl)cc23)[C@@H](C)C1. The quantitative estimate of drug-likeness (QED) is 0.382. The Hall–Kier alpha value is -4.05. The van der Waals surface area contributed by atoms with Crippen LogP contribution >= 0.6 is 11.6 Å². The van der Waals surface area contributed by atoms with E-state index in [0.717, 1.165) is 5.69 Å². The number of hydrogen-bond acceptors (Lipinski definition) is 6. The van der Waals surface area contributed by atoms with Crippen LogP contribution < -0.4 is 10.6 Å². The number of nitrogens with one attached hydrogen (secondary N) is 1. The van der Waals surface area contributed by atoms with Crippen molar-refractivity contribution in [2.45, 2.75) is 32.7 Å². The van der Waals surface area contributed by atoms with E-state index in [1.54, 1.807) is 35.4 Å². The van der Waals surface area contributed by atoms with E-state index in [4.69, 9.17) is 16.6 Å². The molecule has 0 aliphatic carbocycles. The van der Waals surface area contributed by atoms with Crippen LogP contribution in [0.2, 0.25) is 5.02 Å². The fraction of sp³-hybridized carbons (Fsp3) is 0.296. The average Bonchev–Trinajstić information content (AvgIpc) is 3.38. The maximum atomic E-state index is 14.8. The van der Waals surface area contributed by atoms with Crippen molar-refractivity contribution in [3.8, 4) is 16.9 Å². The van der Waals surface area contributed by atoms with Crippen molar-refractivity contribution in [1.29, 1.82) is 0 Å². The number of piperazine rings is 1. The molecule has 0 bridgehead atoms. The van der Waals surface area contributed by atoms with E-state index in [9.17, 15) is 14.0 Å². The number of halogens is 2. The van der Waals surface area contributed by atoms with Gasteiger partial charge in [-0.1, -0.05) is 44.2 Å². The zero-order valence-electron chi connectivity index (χ0n) is 21.3. The molecule has 1 atom stereocenters. The van der Waals surface area contributed by atoms with Crippen LogP contribution in [0, 0.1) is 5.82 Å².